The first-order valence-corrected chi connectivity index (χ1v) is 5.15. The van der Waals surface area contributed by atoms with Gasteiger partial charge in [0.15, 0.2) is 0 Å². The Morgan fingerprint density at radius 1 is 1.62 bits per heavy atom. The van der Waals surface area contributed by atoms with Gasteiger partial charge in [0.25, 0.3) is 0 Å². The van der Waals surface area contributed by atoms with Gasteiger partial charge in [-0.2, -0.15) is 0 Å². The van der Waals surface area contributed by atoms with Crippen LogP contribution in [0.15, 0.2) is 0 Å². The quantitative estimate of drug-likeness (QED) is 0.657. The van der Waals surface area contributed by atoms with Gasteiger partial charge in [-0.05, 0) is 18.8 Å². The predicted octanol–water partition coefficient (Wildman–Crippen LogP) is 1.49. The second kappa shape index (κ2) is 4.91. The number of halogens is 1. The fourth-order valence-electron chi connectivity index (χ4n) is 2.18. The summed E-state index contributed by atoms with van der Waals surface area (Å²) in [4.78, 5) is 0. The van der Waals surface area contributed by atoms with Crippen molar-refractivity contribution in [2.75, 3.05) is 19.8 Å². The van der Waals surface area contributed by atoms with E-state index in [2.05, 4.69) is 12.2 Å². The van der Waals surface area contributed by atoms with Crippen molar-refractivity contribution in [1.82, 2.24) is 5.32 Å². The average Bonchev–Trinajstić information content (AvgIpc) is 2.04. The van der Waals surface area contributed by atoms with E-state index in [-0.39, 0.29) is 6.67 Å². The highest BCUT2D eigenvalue weighted by atomic mass is 19.1. The van der Waals surface area contributed by atoms with Crippen LogP contribution in [0.4, 0.5) is 4.39 Å². The van der Waals surface area contributed by atoms with Crippen LogP contribution in [0.5, 0.6) is 0 Å². The largest absolute Gasteiger partial charge is 0.389 e. The van der Waals surface area contributed by atoms with Crippen LogP contribution in [-0.2, 0) is 0 Å². The summed E-state index contributed by atoms with van der Waals surface area (Å²) in [6, 6.07) is 0. The van der Waals surface area contributed by atoms with Crippen molar-refractivity contribution >= 4 is 0 Å². The zero-order valence-electron chi connectivity index (χ0n) is 8.35. The van der Waals surface area contributed by atoms with Gasteiger partial charge in [-0.25, -0.2) is 4.39 Å². The van der Waals surface area contributed by atoms with Crippen LogP contribution >= 0.6 is 0 Å². The van der Waals surface area contributed by atoms with Crippen LogP contribution in [0.2, 0.25) is 0 Å². The molecule has 0 heterocycles. The minimum Gasteiger partial charge on any atom is -0.389 e. The molecule has 0 bridgehead atoms. The van der Waals surface area contributed by atoms with Gasteiger partial charge in [-0.3, -0.25) is 0 Å². The molecule has 0 aliphatic heterocycles. The van der Waals surface area contributed by atoms with E-state index in [9.17, 15) is 9.50 Å². The standard InChI is InChI=1S/C10H20FNO/c1-9-3-2-4-10(13,7-9)8-12-6-5-11/h9,12-13H,2-8H2,1H3. The Balaban J connectivity index is 2.27. The van der Waals surface area contributed by atoms with Gasteiger partial charge >= 0.3 is 0 Å². The molecule has 0 radical (unpaired) electrons. The molecular formula is C10H20FNO. The SMILES string of the molecule is CC1CCCC(O)(CNCCF)C1. The normalized spacial score (nSPS) is 34.8. The molecule has 2 nitrogen and oxygen atoms in total. The molecule has 13 heavy (non-hydrogen) atoms. The molecule has 0 saturated heterocycles. The lowest BCUT2D eigenvalue weighted by atomic mass is 9.79. The maximum Gasteiger partial charge on any atom is 0.102 e. The van der Waals surface area contributed by atoms with E-state index in [1.807, 2.05) is 0 Å². The van der Waals surface area contributed by atoms with Crippen LogP contribution in [0, 0.1) is 5.92 Å². The van der Waals surface area contributed by atoms with Crippen LogP contribution in [0.1, 0.15) is 32.6 Å². The Kier molecular flexibility index (Phi) is 4.13. The third-order valence-electron chi connectivity index (χ3n) is 2.79. The zero-order chi connectivity index (χ0) is 9.73. The highest BCUT2D eigenvalue weighted by Crippen LogP contribution is 2.31. The summed E-state index contributed by atoms with van der Waals surface area (Å²) in [6.45, 7) is 2.71. The molecular weight excluding hydrogens is 169 g/mol. The van der Waals surface area contributed by atoms with Gasteiger partial charge in [0.2, 0.25) is 0 Å². The summed E-state index contributed by atoms with van der Waals surface area (Å²) in [5.41, 5.74) is -0.577. The molecule has 78 valence electrons. The number of nitrogens with one attached hydrogen (secondary N) is 1. The lowest BCUT2D eigenvalue weighted by Crippen LogP contribution is -2.44. The topological polar surface area (TPSA) is 32.3 Å². The molecule has 0 amide bonds. The average molecular weight is 189 g/mol. The van der Waals surface area contributed by atoms with Crippen molar-refractivity contribution in [3.05, 3.63) is 0 Å². The molecule has 1 fully saturated rings. The van der Waals surface area contributed by atoms with Gasteiger partial charge in [0.1, 0.15) is 6.67 Å². The molecule has 2 atom stereocenters. The molecule has 3 heteroatoms. The van der Waals surface area contributed by atoms with Crippen molar-refractivity contribution < 1.29 is 9.50 Å². The summed E-state index contributed by atoms with van der Waals surface area (Å²) in [7, 11) is 0. The van der Waals surface area contributed by atoms with Crippen molar-refractivity contribution in [1.29, 1.82) is 0 Å². The van der Waals surface area contributed by atoms with Gasteiger partial charge < -0.3 is 10.4 Å². The van der Waals surface area contributed by atoms with E-state index < -0.39 is 5.60 Å². The zero-order valence-corrected chi connectivity index (χ0v) is 8.35. The van der Waals surface area contributed by atoms with E-state index in [1.165, 1.54) is 6.42 Å². The second-order valence-electron chi connectivity index (χ2n) is 4.29. The van der Waals surface area contributed by atoms with E-state index in [4.69, 9.17) is 0 Å². The fraction of sp³-hybridized carbons (Fsp3) is 1.00. The molecule has 1 rings (SSSR count). The number of hydrogen-bond donors (Lipinski definition) is 2. The minimum atomic E-state index is -0.577. The Bertz CT molecular complexity index is 154. The monoisotopic (exact) mass is 189 g/mol. The minimum absolute atomic E-state index is 0.356. The Morgan fingerprint density at radius 3 is 3.00 bits per heavy atom. The summed E-state index contributed by atoms with van der Waals surface area (Å²) >= 11 is 0. The van der Waals surface area contributed by atoms with Crippen molar-refractivity contribution in [3.8, 4) is 0 Å². The number of alkyl halides is 1. The molecule has 2 unspecified atom stereocenters. The molecule has 0 aromatic heterocycles. The first-order chi connectivity index (χ1) is 6.16. The molecule has 1 aliphatic carbocycles. The van der Waals surface area contributed by atoms with Crippen LogP contribution < -0.4 is 5.32 Å². The van der Waals surface area contributed by atoms with Crippen LogP contribution in [-0.4, -0.2) is 30.5 Å². The van der Waals surface area contributed by atoms with Crippen LogP contribution in [0.25, 0.3) is 0 Å². The summed E-state index contributed by atoms with van der Waals surface area (Å²) in [6.07, 6.45) is 4.02. The smallest absolute Gasteiger partial charge is 0.102 e. The first kappa shape index (κ1) is 10.9. The summed E-state index contributed by atoms with van der Waals surface area (Å²) in [5.74, 6) is 0.603. The van der Waals surface area contributed by atoms with E-state index in [1.54, 1.807) is 0 Å². The molecule has 1 saturated carbocycles. The molecule has 0 aromatic rings. The highest BCUT2D eigenvalue weighted by Gasteiger charge is 2.31. The third kappa shape index (κ3) is 3.61. The molecule has 2 N–H and O–H groups in total. The lowest BCUT2D eigenvalue weighted by molar-refractivity contribution is -0.0117. The van der Waals surface area contributed by atoms with E-state index in [0.717, 1.165) is 19.3 Å². The number of aliphatic hydroxyl groups is 1. The third-order valence-corrected chi connectivity index (χ3v) is 2.79. The number of hydrogen-bond acceptors (Lipinski definition) is 2. The van der Waals surface area contributed by atoms with Gasteiger partial charge in [-0.15, -0.1) is 0 Å². The Morgan fingerprint density at radius 2 is 2.38 bits per heavy atom. The second-order valence-corrected chi connectivity index (χ2v) is 4.29. The Labute approximate surface area is 79.5 Å². The van der Waals surface area contributed by atoms with E-state index in [0.29, 0.717) is 19.0 Å². The van der Waals surface area contributed by atoms with Crippen molar-refractivity contribution in [3.63, 3.8) is 0 Å². The fourth-order valence-corrected chi connectivity index (χ4v) is 2.18. The maximum absolute atomic E-state index is 11.8. The summed E-state index contributed by atoms with van der Waals surface area (Å²) in [5, 5.41) is 13.0. The first-order valence-electron chi connectivity index (χ1n) is 5.15. The maximum atomic E-state index is 11.8. The Hall–Kier alpha value is -0.150. The predicted molar refractivity (Wildman–Crippen MR) is 51.4 cm³/mol. The van der Waals surface area contributed by atoms with E-state index >= 15 is 0 Å². The lowest BCUT2D eigenvalue weighted by Gasteiger charge is -2.35. The van der Waals surface area contributed by atoms with Crippen molar-refractivity contribution in [2.45, 2.75) is 38.2 Å². The molecule has 1 aliphatic rings. The van der Waals surface area contributed by atoms with Gasteiger partial charge in [-0.1, -0.05) is 19.8 Å². The summed E-state index contributed by atoms with van der Waals surface area (Å²) < 4.78 is 11.8. The van der Waals surface area contributed by atoms with Gasteiger partial charge in [0.05, 0.1) is 5.60 Å². The molecule has 0 aromatic carbocycles. The van der Waals surface area contributed by atoms with Gasteiger partial charge in [0, 0.05) is 13.1 Å². The van der Waals surface area contributed by atoms with Crippen molar-refractivity contribution in [2.24, 2.45) is 5.92 Å². The highest BCUT2D eigenvalue weighted by molar-refractivity contribution is 4.86. The molecule has 0 spiro atoms. The van der Waals surface area contributed by atoms with Crippen LogP contribution in [0.3, 0.4) is 0 Å². The number of rotatable bonds is 4.